The fourth-order valence-electron chi connectivity index (χ4n) is 4.55. The van der Waals surface area contributed by atoms with Crippen LogP contribution in [0.4, 0.5) is 5.69 Å². The number of aromatic nitrogens is 2. The Hall–Kier alpha value is -5.63. The number of benzene rings is 4. The van der Waals surface area contributed by atoms with Gasteiger partial charge >= 0.3 is 0 Å². The topological polar surface area (TPSA) is 96.7 Å². The third-order valence-corrected chi connectivity index (χ3v) is 6.54. The number of amidine groups is 1. The number of fused-ring (bicyclic) bond motifs is 1. The first-order chi connectivity index (χ1) is 19.5. The lowest BCUT2D eigenvalue weighted by Gasteiger charge is -2.19. The highest BCUT2D eigenvalue weighted by atomic mass is 16.2. The lowest BCUT2D eigenvalue weighted by molar-refractivity contribution is -0.113. The van der Waals surface area contributed by atoms with E-state index >= 15 is 0 Å². The molecule has 2 amide bonds. The Labute approximate surface area is 229 Å². The first-order valence-electron chi connectivity index (χ1n) is 12.6. The number of aliphatic imine (C=N–C) groups is 1. The summed E-state index contributed by atoms with van der Waals surface area (Å²) >= 11 is 0. The van der Waals surface area contributed by atoms with Crippen molar-refractivity contribution in [2.45, 2.75) is 6.92 Å². The van der Waals surface area contributed by atoms with Gasteiger partial charge < -0.3 is 0 Å². The summed E-state index contributed by atoms with van der Waals surface area (Å²) in [7, 11) is 0. The molecule has 0 unspecified atom stereocenters. The van der Waals surface area contributed by atoms with E-state index in [9.17, 15) is 14.4 Å². The van der Waals surface area contributed by atoms with Gasteiger partial charge in [0, 0.05) is 11.1 Å². The Kier molecular flexibility index (Phi) is 6.34. The molecule has 0 saturated carbocycles. The summed E-state index contributed by atoms with van der Waals surface area (Å²) in [6, 6.07) is 32.5. The van der Waals surface area contributed by atoms with Crippen molar-refractivity contribution >= 4 is 40.3 Å². The zero-order chi connectivity index (χ0) is 27.6. The van der Waals surface area contributed by atoms with Crippen LogP contribution in [0.2, 0.25) is 0 Å². The highest BCUT2D eigenvalue weighted by Gasteiger charge is 2.32. The van der Waals surface area contributed by atoms with Gasteiger partial charge in [0.15, 0.2) is 0 Å². The van der Waals surface area contributed by atoms with Crippen LogP contribution in [0.5, 0.6) is 0 Å². The summed E-state index contributed by atoms with van der Waals surface area (Å²) in [4.78, 5) is 50.2. The molecule has 0 spiro atoms. The number of aryl methyl sites for hydroxylation is 1. The van der Waals surface area contributed by atoms with Crippen LogP contribution < -0.4 is 15.9 Å². The Bertz CT molecular complexity index is 1880. The van der Waals surface area contributed by atoms with Crippen LogP contribution in [-0.2, 0) is 4.79 Å². The number of amides is 2. The van der Waals surface area contributed by atoms with E-state index in [0.717, 1.165) is 15.8 Å². The van der Waals surface area contributed by atoms with Crippen LogP contribution in [0, 0.1) is 6.92 Å². The minimum Gasteiger partial charge on any atom is -0.267 e. The van der Waals surface area contributed by atoms with Crippen LogP contribution in [0.1, 0.15) is 27.3 Å². The SMILES string of the molecule is Cc1nc2ccccc2c(=O)n1NC(=O)c1ccc(N2C(=O)/C(=C\c3ccccc3)N=C2c2ccccc2)cc1. The molecule has 0 fully saturated rings. The van der Waals surface area contributed by atoms with Crippen LogP contribution in [0.25, 0.3) is 17.0 Å². The number of hydrogen-bond acceptors (Lipinski definition) is 5. The van der Waals surface area contributed by atoms with Crippen molar-refractivity contribution in [2.75, 3.05) is 10.3 Å². The van der Waals surface area contributed by atoms with Gasteiger partial charge in [-0.1, -0.05) is 72.8 Å². The lowest BCUT2D eigenvalue weighted by Crippen LogP contribution is -2.35. The fourth-order valence-corrected chi connectivity index (χ4v) is 4.55. The average Bonchev–Trinajstić information content (AvgIpc) is 3.31. The van der Waals surface area contributed by atoms with Gasteiger partial charge in [-0.15, -0.1) is 0 Å². The van der Waals surface area contributed by atoms with Gasteiger partial charge in [0.1, 0.15) is 17.4 Å². The number of hydrogen-bond donors (Lipinski definition) is 1. The van der Waals surface area contributed by atoms with Crippen molar-refractivity contribution in [2.24, 2.45) is 4.99 Å². The first-order valence-corrected chi connectivity index (χ1v) is 12.6. The minimum absolute atomic E-state index is 0.274. The van der Waals surface area contributed by atoms with Crippen molar-refractivity contribution in [1.82, 2.24) is 9.66 Å². The zero-order valence-electron chi connectivity index (χ0n) is 21.5. The molecule has 8 nitrogen and oxygen atoms in total. The third kappa shape index (κ3) is 4.58. The van der Waals surface area contributed by atoms with Gasteiger partial charge in [0.25, 0.3) is 17.4 Å². The standard InChI is InChI=1S/C32H23N5O3/c1-21-33-27-15-9-8-14-26(27)31(39)37(21)35-30(38)24-16-18-25(19-17-24)36-29(23-12-6-3-7-13-23)34-28(32(36)40)20-22-10-4-2-5-11-22/h2-20H,1H3,(H,35,38)/b28-20+. The molecule has 0 atom stereocenters. The molecule has 4 aromatic carbocycles. The molecular weight excluding hydrogens is 502 g/mol. The number of anilines is 1. The van der Waals surface area contributed by atoms with Crippen LogP contribution in [0.3, 0.4) is 0 Å². The van der Waals surface area contributed by atoms with Crippen molar-refractivity contribution in [3.05, 3.63) is 148 Å². The molecule has 0 radical (unpaired) electrons. The predicted molar refractivity (Wildman–Crippen MR) is 156 cm³/mol. The third-order valence-electron chi connectivity index (χ3n) is 6.54. The molecular formula is C32H23N5O3. The van der Waals surface area contributed by atoms with Crippen LogP contribution in [0.15, 0.2) is 125 Å². The van der Waals surface area contributed by atoms with E-state index < -0.39 is 5.91 Å². The van der Waals surface area contributed by atoms with Gasteiger partial charge in [-0.25, -0.2) is 14.7 Å². The van der Waals surface area contributed by atoms with Crippen LogP contribution in [-0.4, -0.2) is 27.3 Å². The molecule has 1 N–H and O–H groups in total. The van der Waals surface area contributed by atoms with E-state index in [0.29, 0.717) is 39.5 Å². The number of carbonyl (C=O) groups excluding carboxylic acids is 2. The molecule has 194 valence electrons. The predicted octanol–water partition coefficient (Wildman–Crippen LogP) is 4.92. The Morgan fingerprint density at radius 3 is 2.17 bits per heavy atom. The second-order valence-corrected chi connectivity index (χ2v) is 9.19. The number of carbonyl (C=O) groups is 2. The smallest absolute Gasteiger partial charge is 0.267 e. The molecule has 1 aromatic heterocycles. The summed E-state index contributed by atoms with van der Waals surface area (Å²) in [5.41, 5.74) is 5.67. The first kappa shape index (κ1) is 24.7. The van der Waals surface area contributed by atoms with E-state index in [4.69, 9.17) is 0 Å². The van der Waals surface area contributed by atoms with Gasteiger partial charge in [0.05, 0.1) is 16.6 Å². The largest absolute Gasteiger partial charge is 0.282 e. The maximum Gasteiger partial charge on any atom is 0.282 e. The summed E-state index contributed by atoms with van der Waals surface area (Å²) in [5.74, 6) is 0.0969. The molecule has 0 aliphatic carbocycles. The average molecular weight is 526 g/mol. The maximum atomic E-state index is 13.6. The van der Waals surface area contributed by atoms with Gasteiger partial charge in [-0.3, -0.25) is 24.7 Å². The normalized spacial score (nSPS) is 14.0. The highest BCUT2D eigenvalue weighted by molar-refractivity contribution is 6.33. The molecule has 0 saturated heterocycles. The maximum absolute atomic E-state index is 13.6. The molecule has 5 aromatic rings. The van der Waals surface area contributed by atoms with E-state index in [1.807, 2.05) is 60.7 Å². The molecule has 6 rings (SSSR count). The van der Waals surface area contributed by atoms with Gasteiger partial charge in [-0.05, 0) is 55.0 Å². The summed E-state index contributed by atoms with van der Waals surface area (Å²) in [5, 5.41) is 0.406. The summed E-state index contributed by atoms with van der Waals surface area (Å²) < 4.78 is 1.14. The van der Waals surface area contributed by atoms with E-state index in [-0.39, 0.29) is 11.5 Å². The number of nitrogens with zero attached hydrogens (tertiary/aromatic N) is 4. The fraction of sp³-hybridized carbons (Fsp3) is 0.0312. The molecule has 0 bridgehead atoms. The molecule has 40 heavy (non-hydrogen) atoms. The lowest BCUT2D eigenvalue weighted by atomic mass is 10.1. The van der Waals surface area contributed by atoms with Gasteiger partial charge in [0.2, 0.25) is 0 Å². The Morgan fingerprint density at radius 2 is 1.45 bits per heavy atom. The number of rotatable bonds is 5. The van der Waals surface area contributed by atoms with Crippen molar-refractivity contribution in [3.63, 3.8) is 0 Å². The summed E-state index contributed by atoms with van der Waals surface area (Å²) in [6.45, 7) is 1.65. The zero-order valence-corrected chi connectivity index (χ0v) is 21.5. The molecule has 8 heteroatoms. The Balaban J connectivity index is 1.31. The number of nitrogens with one attached hydrogen (secondary N) is 1. The minimum atomic E-state index is -0.483. The number of para-hydroxylation sites is 1. The highest BCUT2D eigenvalue weighted by Crippen LogP contribution is 2.28. The molecule has 2 heterocycles. The van der Waals surface area contributed by atoms with Crippen molar-refractivity contribution in [3.8, 4) is 0 Å². The van der Waals surface area contributed by atoms with E-state index in [1.54, 1.807) is 61.5 Å². The monoisotopic (exact) mass is 525 g/mol. The summed E-state index contributed by atoms with van der Waals surface area (Å²) in [6.07, 6.45) is 1.75. The van der Waals surface area contributed by atoms with Gasteiger partial charge in [-0.2, -0.15) is 0 Å². The molecule has 1 aliphatic rings. The second-order valence-electron chi connectivity index (χ2n) is 9.19. The van der Waals surface area contributed by atoms with Crippen molar-refractivity contribution in [1.29, 1.82) is 0 Å². The quantitative estimate of drug-likeness (QED) is 0.329. The van der Waals surface area contributed by atoms with Crippen molar-refractivity contribution < 1.29 is 9.59 Å². The molecule has 1 aliphatic heterocycles. The van der Waals surface area contributed by atoms with Crippen LogP contribution >= 0.6 is 0 Å². The second kappa shape index (κ2) is 10.3. The Morgan fingerprint density at radius 1 is 0.800 bits per heavy atom. The van der Waals surface area contributed by atoms with E-state index in [2.05, 4.69) is 15.4 Å². The van der Waals surface area contributed by atoms with E-state index in [1.165, 1.54) is 4.90 Å².